The summed E-state index contributed by atoms with van der Waals surface area (Å²) in [6.07, 6.45) is 5.29. The third-order valence-electron chi connectivity index (χ3n) is 2.16. The Bertz CT molecular complexity index is 458. The van der Waals surface area contributed by atoms with Crippen LogP contribution < -0.4 is 4.74 Å². The number of benzene rings is 1. The van der Waals surface area contributed by atoms with Gasteiger partial charge in [-0.2, -0.15) is 0 Å². The summed E-state index contributed by atoms with van der Waals surface area (Å²) >= 11 is 0. The Morgan fingerprint density at radius 1 is 1.50 bits per heavy atom. The van der Waals surface area contributed by atoms with Crippen molar-refractivity contribution in [3.05, 3.63) is 33.9 Å². The summed E-state index contributed by atoms with van der Waals surface area (Å²) < 4.78 is 5.53. The topological polar surface area (TPSA) is 52.4 Å². The molecule has 0 aliphatic heterocycles. The molecule has 1 rings (SSSR count). The molecular weight excluding hydrogens is 206 g/mol. The summed E-state index contributed by atoms with van der Waals surface area (Å²) in [5.74, 6) is 2.92. The summed E-state index contributed by atoms with van der Waals surface area (Å²) in [6, 6.07) is 4.68. The van der Waals surface area contributed by atoms with Gasteiger partial charge in [-0.15, -0.1) is 6.42 Å². The lowest BCUT2D eigenvalue weighted by atomic mass is 10.1. The van der Waals surface area contributed by atoms with Gasteiger partial charge in [0.1, 0.15) is 5.75 Å². The van der Waals surface area contributed by atoms with Gasteiger partial charge >= 0.3 is 0 Å². The lowest BCUT2D eigenvalue weighted by Gasteiger charge is -2.21. The third-order valence-corrected chi connectivity index (χ3v) is 2.16. The van der Waals surface area contributed by atoms with Crippen molar-refractivity contribution in [3.8, 4) is 18.1 Å². The van der Waals surface area contributed by atoms with Crippen molar-refractivity contribution in [1.82, 2.24) is 0 Å². The first-order valence-corrected chi connectivity index (χ1v) is 4.78. The second kappa shape index (κ2) is 4.23. The average Bonchev–Trinajstić information content (AvgIpc) is 2.20. The number of hydrogen-bond donors (Lipinski definition) is 0. The Labute approximate surface area is 94.4 Å². The van der Waals surface area contributed by atoms with Gasteiger partial charge in [0.15, 0.2) is 5.60 Å². The molecule has 0 saturated carbocycles. The molecule has 4 nitrogen and oxygen atoms in total. The van der Waals surface area contributed by atoms with Gasteiger partial charge in [-0.1, -0.05) is 12.0 Å². The Hall–Kier alpha value is -2.02. The predicted octanol–water partition coefficient (Wildman–Crippen LogP) is 2.69. The van der Waals surface area contributed by atoms with E-state index < -0.39 is 10.5 Å². The molecule has 0 amide bonds. The van der Waals surface area contributed by atoms with E-state index in [2.05, 4.69) is 5.92 Å². The summed E-state index contributed by atoms with van der Waals surface area (Å²) in [5, 5.41) is 10.7. The quantitative estimate of drug-likeness (QED) is 0.446. The minimum absolute atomic E-state index is 0.0327. The number of ether oxygens (including phenoxy) is 1. The molecule has 16 heavy (non-hydrogen) atoms. The van der Waals surface area contributed by atoms with Crippen molar-refractivity contribution in [3.63, 3.8) is 0 Å². The smallest absolute Gasteiger partial charge is 0.276 e. The zero-order valence-corrected chi connectivity index (χ0v) is 9.48. The SMILES string of the molecule is C#CC(C)(C)Oc1cccc([N+](=O)[O-])c1C. The largest absolute Gasteiger partial charge is 0.475 e. The molecule has 0 atom stereocenters. The number of hydrogen-bond acceptors (Lipinski definition) is 3. The van der Waals surface area contributed by atoms with Crippen LogP contribution in [0.5, 0.6) is 5.75 Å². The molecule has 0 unspecified atom stereocenters. The predicted molar refractivity (Wildman–Crippen MR) is 61.4 cm³/mol. The minimum atomic E-state index is -0.778. The monoisotopic (exact) mass is 219 g/mol. The fourth-order valence-corrected chi connectivity index (χ4v) is 1.22. The highest BCUT2D eigenvalue weighted by Gasteiger charge is 2.20. The average molecular weight is 219 g/mol. The first-order chi connectivity index (χ1) is 7.37. The van der Waals surface area contributed by atoms with E-state index in [-0.39, 0.29) is 5.69 Å². The van der Waals surface area contributed by atoms with E-state index in [4.69, 9.17) is 11.2 Å². The molecule has 84 valence electrons. The van der Waals surface area contributed by atoms with Crippen LogP contribution >= 0.6 is 0 Å². The Balaban J connectivity index is 3.13. The maximum atomic E-state index is 10.7. The van der Waals surface area contributed by atoms with Gasteiger partial charge in [-0.3, -0.25) is 10.1 Å². The van der Waals surface area contributed by atoms with E-state index in [1.165, 1.54) is 6.07 Å². The van der Waals surface area contributed by atoms with Crippen LogP contribution in [0.3, 0.4) is 0 Å². The van der Waals surface area contributed by atoms with Crippen molar-refractivity contribution >= 4 is 5.69 Å². The van der Waals surface area contributed by atoms with Crippen LogP contribution in [0.4, 0.5) is 5.69 Å². The molecule has 0 aliphatic carbocycles. The molecule has 0 heterocycles. The molecule has 0 aliphatic rings. The molecule has 0 radical (unpaired) electrons. The second-order valence-electron chi connectivity index (χ2n) is 3.91. The van der Waals surface area contributed by atoms with Gasteiger partial charge in [-0.05, 0) is 26.8 Å². The van der Waals surface area contributed by atoms with E-state index in [1.807, 2.05) is 0 Å². The van der Waals surface area contributed by atoms with Gasteiger partial charge in [0.25, 0.3) is 5.69 Å². The summed E-state index contributed by atoms with van der Waals surface area (Å²) in [7, 11) is 0. The van der Waals surface area contributed by atoms with E-state index in [0.29, 0.717) is 11.3 Å². The number of nitro groups is 1. The molecule has 1 aromatic rings. The molecule has 0 spiro atoms. The van der Waals surface area contributed by atoms with Crippen LogP contribution in [0.1, 0.15) is 19.4 Å². The first-order valence-electron chi connectivity index (χ1n) is 4.78. The maximum absolute atomic E-state index is 10.7. The molecule has 4 heteroatoms. The number of terminal acetylenes is 1. The van der Waals surface area contributed by atoms with Crippen LogP contribution in [0.2, 0.25) is 0 Å². The Morgan fingerprint density at radius 3 is 2.62 bits per heavy atom. The normalized spacial score (nSPS) is 10.6. The molecule has 1 aromatic carbocycles. The van der Waals surface area contributed by atoms with Crippen molar-refractivity contribution in [2.45, 2.75) is 26.4 Å². The van der Waals surface area contributed by atoms with Crippen LogP contribution in [0.15, 0.2) is 18.2 Å². The third kappa shape index (κ3) is 2.51. The van der Waals surface area contributed by atoms with E-state index >= 15 is 0 Å². The van der Waals surface area contributed by atoms with Crippen LogP contribution in [0, 0.1) is 29.4 Å². The van der Waals surface area contributed by atoms with Crippen molar-refractivity contribution in [2.24, 2.45) is 0 Å². The standard InChI is InChI=1S/C12H13NO3/c1-5-12(3,4)16-11-8-6-7-10(9(11)2)13(14)15/h1,6-8H,2-4H3. The van der Waals surface area contributed by atoms with Crippen molar-refractivity contribution in [2.75, 3.05) is 0 Å². The molecule has 0 aromatic heterocycles. The Morgan fingerprint density at radius 2 is 2.12 bits per heavy atom. The molecule has 0 bridgehead atoms. The van der Waals surface area contributed by atoms with E-state index in [0.717, 1.165) is 0 Å². The summed E-state index contributed by atoms with van der Waals surface area (Å²) in [5.41, 5.74) is -0.263. The summed E-state index contributed by atoms with van der Waals surface area (Å²) in [6.45, 7) is 5.09. The van der Waals surface area contributed by atoms with Gasteiger partial charge in [0.05, 0.1) is 10.5 Å². The highest BCUT2D eigenvalue weighted by atomic mass is 16.6. The van der Waals surface area contributed by atoms with Crippen LogP contribution in [-0.4, -0.2) is 10.5 Å². The summed E-state index contributed by atoms with van der Waals surface area (Å²) in [4.78, 5) is 10.3. The Kier molecular flexibility index (Phi) is 3.19. The zero-order valence-electron chi connectivity index (χ0n) is 9.48. The van der Waals surface area contributed by atoms with Gasteiger partial charge < -0.3 is 4.74 Å². The second-order valence-corrected chi connectivity index (χ2v) is 3.91. The van der Waals surface area contributed by atoms with Gasteiger partial charge in [-0.25, -0.2) is 0 Å². The molecular formula is C12H13NO3. The number of rotatable bonds is 3. The molecule has 0 fully saturated rings. The molecule has 0 saturated heterocycles. The van der Waals surface area contributed by atoms with Gasteiger partial charge in [0.2, 0.25) is 0 Å². The van der Waals surface area contributed by atoms with E-state index in [9.17, 15) is 10.1 Å². The number of nitrogens with zero attached hydrogens (tertiary/aromatic N) is 1. The highest BCUT2D eigenvalue weighted by Crippen LogP contribution is 2.29. The highest BCUT2D eigenvalue weighted by molar-refractivity contribution is 5.48. The van der Waals surface area contributed by atoms with Gasteiger partial charge in [0, 0.05) is 6.07 Å². The zero-order chi connectivity index (χ0) is 12.3. The van der Waals surface area contributed by atoms with Crippen molar-refractivity contribution in [1.29, 1.82) is 0 Å². The fraction of sp³-hybridized carbons (Fsp3) is 0.333. The maximum Gasteiger partial charge on any atom is 0.276 e. The number of nitro benzene ring substituents is 1. The van der Waals surface area contributed by atoms with E-state index in [1.54, 1.807) is 32.9 Å². The first kappa shape index (κ1) is 12.1. The van der Waals surface area contributed by atoms with Crippen LogP contribution in [-0.2, 0) is 0 Å². The minimum Gasteiger partial charge on any atom is -0.475 e. The van der Waals surface area contributed by atoms with Crippen molar-refractivity contribution < 1.29 is 9.66 Å². The molecule has 0 N–H and O–H groups in total. The lowest BCUT2D eigenvalue weighted by molar-refractivity contribution is -0.385. The van der Waals surface area contributed by atoms with Crippen LogP contribution in [0.25, 0.3) is 0 Å². The lowest BCUT2D eigenvalue weighted by Crippen LogP contribution is -2.25. The fourth-order valence-electron chi connectivity index (χ4n) is 1.22.